The van der Waals surface area contributed by atoms with Crippen molar-refractivity contribution in [3.05, 3.63) is 40.5 Å². The van der Waals surface area contributed by atoms with Crippen molar-refractivity contribution in [2.75, 3.05) is 13.1 Å². The average Bonchev–Trinajstić information content (AvgIpc) is 2.46. The Balaban J connectivity index is 1.89. The zero-order valence-electron chi connectivity index (χ0n) is 10.8. The number of nitrogens with zero attached hydrogens (tertiary/aromatic N) is 2. The van der Waals surface area contributed by atoms with Gasteiger partial charge in [0.15, 0.2) is 0 Å². The normalized spacial score (nSPS) is 15.7. The van der Waals surface area contributed by atoms with Crippen LogP contribution >= 0.6 is 15.9 Å². The van der Waals surface area contributed by atoms with Gasteiger partial charge in [-0.05, 0) is 24.3 Å². The number of pyridine rings is 1. The zero-order valence-corrected chi connectivity index (χ0v) is 12.4. The van der Waals surface area contributed by atoms with Gasteiger partial charge >= 0.3 is 0 Å². The number of carbonyl (C=O) groups excluding carboxylic acids is 2. The topological polar surface area (TPSA) is 50.3 Å². The van der Waals surface area contributed by atoms with E-state index in [1.165, 1.54) is 0 Å². The number of aromatic nitrogens is 1. The van der Waals surface area contributed by atoms with Gasteiger partial charge in [-0.15, -0.1) is 0 Å². The number of ketones is 1. The number of rotatable bonds is 1. The lowest BCUT2D eigenvalue weighted by Gasteiger charge is -2.26. The number of piperidine rings is 1. The van der Waals surface area contributed by atoms with Crippen molar-refractivity contribution in [3.63, 3.8) is 0 Å². The van der Waals surface area contributed by atoms with E-state index < -0.39 is 0 Å². The largest absolute Gasteiger partial charge is 0.338 e. The monoisotopic (exact) mass is 332 g/mol. The summed E-state index contributed by atoms with van der Waals surface area (Å²) in [6.07, 6.45) is 2.52. The summed E-state index contributed by atoms with van der Waals surface area (Å²) in [6, 6.07) is 7.63. The van der Waals surface area contributed by atoms with Gasteiger partial charge in [0.05, 0.1) is 11.1 Å². The fourth-order valence-corrected chi connectivity index (χ4v) is 2.74. The second-order valence-corrected chi connectivity index (χ2v) is 5.81. The lowest BCUT2D eigenvalue weighted by atomic mass is 10.1. The Kier molecular flexibility index (Phi) is 3.53. The van der Waals surface area contributed by atoms with Crippen LogP contribution in [-0.2, 0) is 4.79 Å². The van der Waals surface area contributed by atoms with Gasteiger partial charge in [0.25, 0.3) is 5.91 Å². The van der Waals surface area contributed by atoms with E-state index >= 15 is 0 Å². The van der Waals surface area contributed by atoms with Crippen molar-refractivity contribution in [1.82, 2.24) is 9.88 Å². The Hall–Kier alpha value is -1.75. The molecule has 0 atom stereocenters. The number of Topliss-reactive ketones (excluding diaryl/α,β-unsaturated/α-hetero) is 1. The van der Waals surface area contributed by atoms with E-state index in [1.54, 1.807) is 11.1 Å². The molecule has 0 saturated carbocycles. The van der Waals surface area contributed by atoms with E-state index in [9.17, 15) is 9.59 Å². The molecule has 1 aliphatic heterocycles. The minimum Gasteiger partial charge on any atom is -0.338 e. The number of benzene rings is 1. The molecule has 1 saturated heterocycles. The molecule has 1 aromatic carbocycles. The highest BCUT2D eigenvalue weighted by Gasteiger charge is 2.22. The maximum absolute atomic E-state index is 12.4. The predicted molar refractivity (Wildman–Crippen MR) is 79.6 cm³/mol. The summed E-state index contributed by atoms with van der Waals surface area (Å²) in [6.45, 7) is 1.02. The van der Waals surface area contributed by atoms with Crippen LogP contribution in [0.15, 0.2) is 34.9 Å². The number of halogens is 1. The van der Waals surface area contributed by atoms with Gasteiger partial charge in [-0.3, -0.25) is 14.6 Å². The van der Waals surface area contributed by atoms with Gasteiger partial charge in [-0.1, -0.05) is 15.9 Å². The zero-order chi connectivity index (χ0) is 14.1. The standard InChI is InChI=1S/C15H13BrN2O2/c16-12-1-2-14-10(8-12)7-11(9-17-14)15(20)18-5-3-13(19)4-6-18/h1-2,7-9H,3-6H2. The molecule has 3 rings (SSSR count). The van der Waals surface area contributed by atoms with Crippen molar-refractivity contribution in [3.8, 4) is 0 Å². The molecule has 4 nitrogen and oxygen atoms in total. The highest BCUT2D eigenvalue weighted by atomic mass is 79.9. The van der Waals surface area contributed by atoms with E-state index in [0.29, 0.717) is 31.5 Å². The molecule has 0 unspecified atom stereocenters. The number of fused-ring (bicyclic) bond motifs is 1. The number of hydrogen-bond acceptors (Lipinski definition) is 3. The maximum atomic E-state index is 12.4. The van der Waals surface area contributed by atoms with Crippen molar-refractivity contribution < 1.29 is 9.59 Å². The Morgan fingerprint density at radius 3 is 2.70 bits per heavy atom. The van der Waals surface area contributed by atoms with Crippen molar-refractivity contribution in [1.29, 1.82) is 0 Å². The molecule has 0 N–H and O–H groups in total. The van der Waals surface area contributed by atoms with Crippen LogP contribution in [0.1, 0.15) is 23.2 Å². The van der Waals surface area contributed by atoms with Crippen LogP contribution in [-0.4, -0.2) is 34.7 Å². The van der Waals surface area contributed by atoms with E-state index in [0.717, 1.165) is 15.4 Å². The van der Waals surface area contributed by atoms with Crippen LogP contribution in [0.4, 0.5) is 0 Å². The summed E-state index contributed by atoms with van der Waals surface area (Å²) in [7, 11) is 0. The molecule has 0 bridgehead atoms. The SMILES string of the molecule is O=C1CCN(C(=O)c2cnc3ccc(Br)cc3c2)CC1. The van der Waals surface area contributed by atoms with E-state index in [4.69, 9.17) is 0 Å². The Morgan fingerprint density at radius 2 is 1.95 bits per heavy atom. The van der Waals surface area contributed by atoms with Gasteiger partial charge in [0.1, 0.15) is 5.78 Å². The number of likely N-dealkylation sites (tertiary alicyclic amines) is 1. The molecule has 1 fully saturated rings. The smallest absolute Gasteiger partial charge is 0.255 e. The summed E-state index contributed by atoms with van der Waals surface area (Å²) < 4.78 is 0.958. The third-order valence-corrected chi connectivity index (χ3v) is 3.99. The minimum atomic E-state index is -0.0492. The quantitative estimate of drug-likeness (QED) is 0.806. The molecule has 1 aromatic heterocycles. The van der Waals surface area contributed by atoms with E-state index in [-0.39, 0.29) is 11.7 Å². The van der Waals surface area contributed by atoms with Gasteiger partial charge in [-0.25, -0.2) is 0 Å². The van der Waals surface area contributed by atoms with Crippen LogP contribution in [0.5, 0.6) is 0 Å². The highest BCUT2D eigenvalue weighted by molar-refractivity contribution is 9.10. The van der Waals surface area contributed by atoms with E-state index in [2.05, 4.69) is 20.9 Å². The average molecular weight is 333 g/mol. The first-order valence-electron chi connectivity index (χ1n) is 6.50. The van der Waals surface area contributed by atoms with Crippen LogP contribution < -0.4 is 0 Å². The molecule has 0 radical (unpaired) electrons. The summed E-state index contributed by atoms with van der Waals surface area (Å²) in [5.41, 5.74) is 1.43. The molecule has 1 aliphatic rings. The second-order valence-electron chi connectivity index (χ2n) is 4.89. The van der Waals surface area contributed by atoms with Gasteiger partial charge in [-0.2, -0.15) is 0 Å². The summed E-state index contributed by atoms with van der Waals surface area (Å²) in [5.74, 6) is 0.182. The van der Waals surface area contributed by atoms with Crippen molar-refractivity contribution in [2.45, 2.75) is 12.8 Å². The third-order valence-electron chi connectivity index (χ3n) is 3.50. The van der Waals surface area contributed by atoms with E-state index in [1.807, 2.05) is 24.3 Å². The van der Waals surface area contributed by atoms with Crippen molar-refractivity contribution in [2.24, 2.45) is 0 Å². The first-order chi connectivity index (χ1) is 9.63. The summed E-state index contributed by atoms with van der Waals surface area (Å²) in [5, 5.41) is 0.929. The van der Waals surface area contributed by atoms with Crippen molar-refractivity contribution >= 4 is 38.5 Å². The molecule has 102 valence electrons. The maximum Gasteiger partial charge on any atom is 0.255 e. The number of carbonyl (C=O) groups is 2. The molecule has 5 heteroatoms. The molecule has 2 heterocycles. The molecule has 0 spiro atoms. The fraction of sp³-hybridized carbons (Fsp3) is 0.267. The minimum absolute atomic E-state index is 0.0492. The Bertz CT molecular complexity index is 689. The van der Waals surface area contributed by atoms with Crippen LogP contribution in [0, 0.1) is 0 Å². The number of amides is 1. The van der Waals surface area contributed by atoms with Gasteiger partial charge in [0, 0.05) is 42.0 Å². The first-order valence-corrected chi connectivity index (χ1v) is 7.29. The van der Waals surface area contributed by atoms with Gasteiger partial charge in [0.2, 0.25) is 0 Å². The fourth-order valence-electron chi connectivity index (χ4n) is 2.36. The van der Waals surface area contributed by atoms with Crippen LogP contribution in [0.25, 0.3) is 10.9 Å². The van der Waals surface area contributed by atoms with Crippen LogP contribution in [0.3, 0.4) is 0 Å². The van der Waals surface area contributed by atoms with Crippen LogP contribution in [0.2, 0.25) is 0 Å². The Labute approximate surface area is 124 Å². The lowest BCUT2D eigenvalue weighted by molar-refractivity contribution is -0.120. The Morgan fingerprint density at radius 1 is 1.20 bits per heavy atom. The molecular formula is C15H13BrN2O2. The molecule has 2 aromatic rings. The first kappa shape index (κ1) is 13.2. The summed E-state index contributed by atoms with van der Waals surface area (Å²) in [4.78, 5) is 29.7. The molecular weight excluding hydrogens is 320 g/mol. The lowest BCUT2D eigenvalue weighted by Crippen LogP contribution is -2.38. The highest BCUT2D eigenvalue weighted by Crippen LogP contribution is 2.20. The third kappa shape index (κ3) is 2.58. The molecule has 1 amide bonds. The molecule has 0 aliphatic carbocycles. The number of hydrogen-bond donors (Lipinski definition) is 0. The predicted octanol–water partition coefficient (Wildman–Crippen LogP) is 2.80. The molecule has 20 heavy (non-hydrogen) atoms. The second kappa shape index (κ2) is 5.32. The van der Waals surface area contributed by atoms with Gasteiger partial charge < -0.3 is 4.90 Å². The summed E-state index contributed by atoms with van der Waals surface area (Å²) >= 11 is 3.42.